The van der Waals surface area contributed by atoms with Crippen molar-refractivity contribution in [2.45, 2.75) is 19.9 Å². The Morgan fingerprint density at radius 1 is 1.38 bits per heavy atom. The largest absolute Gasteiger partial charge is 0.494 e. The maximum atomic E-state index is 11.2. The SMILES string of the molecule is CCOc1ccc(CNC(=O)CCN)cc1. The molecular formula is C12H18N2O2. The first-order valence-corrected chi connectivity index (χ1v) is 5.44. The Kier molecular flexibility index (Phi) is 5.36. The molecule has 0 aliphatic rings. The minimum absolute atomic E-state index is 0.0172. The van der Waals surface area contributed by atoms with Crippen molar-refractivity contribution in [3.05, 3.63) is 29.8 Å². The van der Waals surface area contributed by atoms with Gasteiger partial charge in [-0.2, -0.15) is 0 Å². The number of rotatable bonds is 6. The van der Waals surface area contributed by atoms with Crippen LogP contribution in [0.5, 0.6) is 5.75 Å². The Morgan fingerprint density at radius 3 is 2.62 bits per heavy atom. The van der Waals surface area contributed by atoms with Crippen molar-refractivity contribution >= 4 is 5.91 Å². The van der Waals surface area contributed by atoms with Crippen LogP contribution < -0.4 is 15.8 Å². The number of benzene rings is 1. The van der Waals surface area contributed by atoms with Gasteiger partial charge in [-0.3, -0.25) is 4.79 Å². The van der Waals surface area contributed by atoms with Gasteiger partial charge in [0.25, 0.3) is 0 Å². The normalized spacial score (nSPS) is 9.88. The summed E-state index contributed by atoms with van der Waals surface area (Å²) < 4.78 is 5.32. The van der Waals surface area contributed by atoms with Crippen LogP contribution in [0.2, 0.25) is 0 Å². The van der Waals surface area contributed by atoms with Crippen molar-refractivity contribution in [3.8, 4) is 5.75 Å². The molecule has 0 spiro atoms. The molecule has 88 valence electrons. The number of nitrogens with one attached hydrogen (secondary N) is 1. The lowest BCUT2D eigenvalue weighted by Gasteiger charge is -2.06. The molecule has 3 N–H and O–H groups in total. The molecule has 0 heterocycles. The molecule has 1 amide bonds. The van der Waals surface area contributed by atoms with Gasteiger partial charge in [0.15, 0.2) is 0 Å². The summed E-state index contributed by atoms with van der Waals surface area (Å²) in [6.45, 7) is 3.52. The number of hydrogen-bond acceptors (Lipinski definition) is 3. The van der Waals surface area contributed by atoms with E-state index in [9.17, 15) is 4.79 Å². The van der Waals surface area contributed by atoms with Crippen molar-refractivity contribution in [1.82, 2.24) is 5.32 Å². The summed E-state index contributed by atoms with van der Waals surface area (Å²) in [5.41, 5.74) is 6.32. The molecule has 0 atom stereocenters. The Morgan fingerprint density at radius 2 is 2.06 bits per heavy atom. The van der Waals surface area contributed by atoms with Crippen LogP contribution in [0.15, 0.2) is 24.3 Å². The van der Waals surface area contributed by atoms with Crippen LogP contribution in [0.25, 0.3) is 0 Å². The van der Waals surface area contributed by atoms with Crippen LogP contribution in [0.4, 0.5) is 0 Å². The molecule has 0 fully saturated rings. The zero-order chi connectivity index (χ0) is 11.8. The number of nitrogens with two attached hydrogens (primary N) is 1. The molecule has 1 aromatic rings. The second-order valence-corrected chi connectivity index (χ2v) is 3.39. The third-order valence-corrected chi connectivity index (χ3v) is 2.10. The molecule has 0 bridgehead atoms. The zero-order valence-electron chi connectivity index (χ0n) is 9.53. The Bertz CT molecular complexity index is 322. The summed E-state index contributed by atoms with van der Waals surface area (Å²) in [7, 11) is 0. The quantitative estimate of drug-likeness (QED) is 0.756. The van der Waals surface area contributed by atoms with Gasteiger partial charge in [0.2, 0.25) is 5.91 Å². The van der Waals surface area contributed by atoms with Crippen LogP contribution in [0.3, 0.4) is 0 Å². The van der Waals surface area contributed by atoms with E-state index >= 15 is 0 Å². The van der Waals surface area contributed by atoms with E-state index in [1.807, 2.05) is 31.2 Å². The molecule has 0 aliphatic carbocycles. The first-order chi connectivity index (χ1) is 7.76. The Balaban J connectivity index is 2.40. The Labute approximate surface area is 95.8 Å². The fraction of sp³-hybridized carbons (Fsp3) is 0.417. The maximum absolute atomic E-state index is 11.2. The van der Waals surface area contributed by atoms with Crippen molar-refractivity contribution in [2.75, 3.05) is 13.2 Å². The highest BCUT2D eigenvalue weighted by Gasteiger charge is 1.99. The molecule has 4 heteroatoms. The van der Waals surface area contributed by atoms with Gasteiger partial charge >= 0.3 is 0 Å². The van der Waals surface area contributed by atoms with Crippen LogP contribution in [0, 0.1) is 0 Å². The standard InChI is InChI=1S/C12H18N2O2/c1-2-16-11-5-3-10(4-6-11)9-14-12(15)7-8-13/h3-6H,2,7-9,13H2,1H3,(H,14,15). The first kappa shape index (κ1) is 12.5. The summed E-state index contributed by atoms with van der Waals surface area (Å²) in [5, 5.41) is 2.79. The molecule has 1 aromatic carbocycles. The second-order valence-electron chi connectivity index (χ2n) is 3.39. The van der Waals surface area contributed by atoms with E-state index in [-0.39, 0.29) is 5.91 Å². The third-order valence-electron chi connectivity index (χ3n) is 2.10. The van der Waals surface area contributed by atoms with Crippen LogP contribution in [-0.4, -0.2) is 19.1 Å². The highest BCUT2D eigenvalue weighted by atomic mass is 16.5. The van der Waals surface area contributed by atoms with Gasteiger partial charge in [-0.25, -0.2) is 0 Å². The van der Waals surface area contributed by atoms with Crippen molar-refractivity contribution < 1.29 is 9.53 Å². The molecule has 1 rings (SSSR count). The summed E-state index contributed by atoms with van der Waals surface area (Å²) in [6, 6.07) is 7.67. The lowest BCUT2D eigenvalue weighted by Crippen LogP contribution is -2.24. The topological polar surface area (TPSA) is 64.3 Å². The third kappa shape index (κ3) is 4.31. The van der Waals surface area contributed by atoms with E-state index < -0.39 is 0 Å². The number of hydrogen-bond donors (Lipinski definition) is 2. The lowest BCUT2D eigenvalue weighted by molar-refractivity contribution is -0.121. The molecular weight excluding hydrogens is 204 g/mol. The first-order valence-electron chi connectivity index (χ1n) is 5.44. The van der Waals surface area contributed by atoms with E-state index in [1.54, 1.807) is 0 Å². The van der Waals surface area contributed by atoms with Gasteiger partial charge in [-0.15, -0.1) is 0 Å². The minimum atomic E-state index is -0.0172. The van der Waals surface area contributed by atoms with E-state index in [4.69, 9.17) is 10.5 Å². The fourth-order valence-corrected chi connectivity index (χ4v) is 1.29. The smallest absolute Gasteiger partial charge is 0.221 e. The molecule has 0 radical (unpaired) electrons. The van der Waals surface area contributed by atoms with Crippen molar-refractivity contribution in [1.29, 1.82) is 0 Å². The van der Waals surface area contributed by atoms with Gasteiger partial charge in [0, 0.05) is 19.5 Å². The number of carbonyl (C=O) groups is 1. The molecule has 0 aromatic heterocycles. The monoisotopic (exact) mass is 222 g/mol. The zero-order valence-corrected chi connectivity index (χ0v) is 9.53. The van der Waals surface area contributed by atoms with E-state index in [2.05, 4.69) is 5.32 Å². The van der Waals surface area contributed by atoms with Gasteiger partial charge in [-0.05, 0) is 24.6 Å². The van der Waals surface area contributed by atoms with Crippen LogP contribution >= 0.6 is 0 Å². The molecule has 0 unspecified atom stereocenters. The van der Waals surface area contributed by atoms with Gasteiger partial charge < -0.3 is 15.8 Å². The van der Waals surface area contributed by atoms with Crippen LogP contribution in [-0.2, 0) is 11.3 Å². The van der Waals surface area contributed by atoms with Gasteiger partial charge in [0.05, 0.1) is 6.61 Å². The average Bonchev–Trinajstić information content (AvgIpc) is 2.29. The summed E-state index contributed by atoms with van der Waals surface area (Å²) in [5.74, 6) is 0.830. The highest BCUT2D eigenvalue weighted by Crippen LogP contribution is 2.11. The predicted octanol–water partition coefficient (Wildman–Crippen LogP) is 1.05. The van der Waals surface area contributed by atoms with Gasteiger partial charge in [0.1, 0.15) is 5.75 Å². The predicted molar refractivity (Wildman–Crippen MR) is 63.1 cm³/mol. The van der Waals surface area contributed by atoms with E-state index in [1.165, 1.54) is 0 Å². The minimum Gasteiger partial charge on any atom is -0.494 e. The number of amides is 1. The average molecular weight is 222 g/mol. The molecule has 0 aliphatic heterocycles. The van der Waals surface area contributed by atoms with E-state index in [0.717, 1.165) is 11.3 Å². The fourth-order valence-electron chi connectivity index (χ4n) is 1.29. The molecule has 4 nitrogen and oxygen atoms in total. The van der Waals surface area contributed by atoms with Crippen LogP contribution in [0.1, 0.15) is 18.9 Å². The molecule has 0 saturated carbocycles. The summed E-state index contributed by atoms with van der Waals surface area (Å²) in [6.07, 6.45) is 0.372. The Hall–Kier alpha value is -1.55. The lowest BCUT2D eigenvalue weighted by atomic mass is 10.2. The number of ether oxygens (including phenoxy) is 1. The summed E-state index contributed by atoms with van der Waals surface area (Å²) in [4.78, 5) is 11.2. The summed E-state index contributed by atoms with van der Waals surface area (Å²) >= 11 is 0. The second kappa shape index (κ2) is 6.85. The van der Waals surface area contributed by atoms with E-state index in [0.29, 0.717) is 26.1 Å². The highest BCUT2D eigenvalue weighted by molar-refractivity contribution is 5.76. The van der Waals surface area contributed by atoms with Gasteiger partial charge in [-0.1, -0.05) is 12.1 Å². The molecule has 0 saturated heterocycles. The van der Waals surface area contributed by atoms with Crippen molar-refractivity contribution in [3.63, 3.8) is 0 Å². The maximum Gasteiger partial charge on any atom is 0.221 e. The number of carbonyl (C=O) groups excluding carboxylic acids is 1. The molecule has 16 heavy (non-hydrogen) atoms. The van der Waals surface area contributed by atoms with Crippen molar-refractivity contribution in [2.24, 2.45) is 5.73 Å².